The number of aromatic nitrogens is 6. The normalized spacial score (nSPS) is 11.1. The van der Waals surface area contributed by atoms with E-state index < -0.39 is 0 Å². The van der Waals surface area contributed by atoms with Gasteiger partial charge in [-0.1, -0.05) is 13.8 Å². The van der Waals surface area contributed by atoms with Gasteiger partial charge in [0, 0.05) is 35.4 Å². The Morgan fingerprint density at radius 3 is 2.77 bits per heavy atom. The lowest BCUT2D eigenvalue weighted by atomic mass is 9.97. The van der Waals surface area contributed by atoms with E-state index in [1.54, 1.807) is 41.1 Å². The molecule has 0 unspecified atom stereocenters. The topological polar surface area (TPSA) is 87.7 Å². The summed E-state index contributed by atoms with van der Waals surface area (Å²) in [6.45, 7) is 8.39. The van der Waals surface area contributed by atoms with Crippen molar-refractivity contribution in [3.8, 4) is 17.2 Å². The number of imidazole rings is 1. The maximum atomic E-state index is 11.7. The molecule has 136 valence electrons. The first kappa shape index (κ1) is 17.8. The summed E-state index contributed by atoms with van der Waals surface area (Å²) in [6.07, 6.45) is 8.68. The SMILES string of the molecule is CCOC(=O)Cn1cc(-c2nc(-n3ccnc3)nc(C)c2C(C)C)cn1. The van der Waals surface area contributed by atoms with Crippen LogP contribution in [-0.4, -0.2) is 41.9 Å². The number of ether oxygens (including phenoxy) is 1. The molecule has 0 aliphatic heterocycles. The Morgan fingerprint density at radius 1 is 1.31 bits per heavy atom. The van der Waals surface area contributed by atoms with Gasteiger partial charge in [0.05, 0.1) is 18.5 Å². The van der Waals surface area contributed by atoms with Gasteiger partial charge in [0.25, 0.3) is 0 Å². The predicted molar refractivity (Wildman–Crippen MR) is 95.8 cm³/mol. The summed E-state index contributed by atoms with van der Waals surface area (Å²) in [7, 11) is 0. The molecule has 0 aromatic carbocycles. The number of esters is 1. The van der Waals surface area contributed by atoms with Crippen LogP contribution in [0, 0.1) is 6.92 Å². The van der Waals surface area contributed by atoms with Crippen LogP contribution in [0.5, 0.6) is 0 Å². The number of carbonyl (C=O) groups is 1. The van der Waals surface area contributed by atoms with Crippen LogP contribution in [0.1, 0.15) is 37.9 Å². The van der Waals surface area contributed by atoms with Gasteiger partial charge in [0.2, 0.25) is 5.95 Å². The summed E-state index contributed by atoms with van der Waals surface area (Å²) in [6, 6.07) is 0. The molecule has 3 heterocycles. The van der Waals surface area contributed by atoms with E-state index in [1.165, 1.54) is 0 Å². The Morgan fingerprint density at radius 2 is 2.12 bits per heavy atom. The Hall–Kier alpha value is -3.03. The number of rotatable bonds is 6. The number of hydrogen-bond donors (Lipinski definition) is 0. The highest BCUT2D eigenvalue weighted by atomic mass is 16.5. The maximum absolute atomic E-state index is 11.7. The standard InChI is InChI=1S/C18H22N6O2/c1-5-26-15(25)10-24-9-14(8-20-24)17-16(12(2)3)13(4)21-18(22-17)23-7-6-19-11-23/h6-9,11-12H,5,10H2,1-4H3. The van der Waals surface area contributed by atoms with Gasteiger partial charge >= 0.3 is 5.97 Å². The van der Waals surface area contributed by atoms with Crippen molar-refractivity contribution >= 4 is 5.97 Å². The predicted octanol–water partition coefficient (Wildman–Crippen LogP) is 2.52. The third kappa shape index (κ3) is 3.63. The van der Waals surface area contributed by atoms with Gasteiger partial charge in [-0.15, -0.1) is 0 Å². The Balaban J connectivity index is 2.03. The molecule has 0 amide bonds. The van der Waals surface area contributed by atoms with E-state index in [4.69, 9.17) is 9.72 Å². The van der Waals surface area contributed by atoms with Crippen molar-refractivity contribution in [3.05, 3.63) is 42.4 Å². The molecule has 0 saturated carbocycles. The quantitative estimate of drug-likeness (QED) is 0.632. The van der Waals surface area contributed by atoms with E-state index in [9.17, 15) is 4.79 Å². The lowest BCUT2D eigenvalue weighted by Gasteiger charge is -2.15. The van der Waals surface area contributed by atoms with Gasteiger partial charge in [-0.25, -0.2) is 15.0 Å². The monoisotopic (exact) mass is 354 g/mol. The van der Waals surface area contributed by atoms with Gasteiger partial charge in [-0.05, 0) is 19.8 Å². The number of carbonyl (C=O) groups excluding carboxylic acids is 1. The second kappa shape index (κ2) is 7.47. The Labute approximate surface area is 151 Å². The fourth-order valence-corrected chi connectivity index (χ4v) is 2.88. The van der Waals surface area contributed by atoms with Crippen molar-refractivity contribution in [1.82, 2.24) is 29.3 Å². The van der Waals surface area contributed by atoms with E-state index in [2.05, 4.69) is 28.9 Å². The zero-order chi connectivity index (χ0) is 18.7. The van der Waals surface area contributed by atoms with E-state index in [0.29, 0.717) is 12.6 Å². The Bertz CT molecular complexity index is 899. The van der Waals surface area contributed by atoms with E-state index >= 15 is 0 Å². The van der Waals surface area contributed by atoms with Crippen molar-refractivity contribution in [1.29, 1.82) is 0 Å². The summed E-state index contributed by atoms with van der Waals surface area (Å²) < 4.78 is 8.30. The first-order valence-electron chi connectivity index (χ1n) is 8.55. The zero-order valence-electron chi connectivity index (χ0n) is 15.4. The molecule has 8 nitrogen and oxygen atoms in total. The molecular weight excluding hydrogens is 332 g/mol. The number of nitrogens with zero attached hydrogens (tertiary/aromatic N) is 6. The lowest BCUT2D eigenvalue weighted by Crippen LogP contribution is -2.13. The van der Waals surface area contributed by atoms with Gasteiger partial charge in [-0.2, -0.15) is 5.10 Å². The number of hydrogen-bond acceptors (Lipinski definition) is 6. The van der Waals surface area contributed by atoms with E-state index in [0.717, 1.165) is 22.5 Å². The molecule has 0 fully saturated rings. The fourth-order valence-electron chi connectivity index (χ4n) is 2.88. The van der Waals surface area contributed by atoms with Crippen molar-refractivity contribution < 1.29 is 9.53 Å². The molecule has 0 atom stereocenters. The molecule has 0 N–H and O–H groups in total. The minimum absolute atomic E-state index is 0.0727. The molecule has 0 radical (unpaired) electrons. The summed E-state index contributed by atoms with van der Waals surface area (Å²) in [5.74, 6) is 0.483. The second-order valence-electron chi connectivity index (χ2n) is 6.23. The summed E-state index contributed by atoms with van der Waals surface area (Å²) in [5, 5.41) is 4.27. The maximum Gasteiger partial charge on any atom is 0.327 e. The summed E-state index contributed by atoms with van der Waals surface area (Å²) in [5.41, 5.74) is 3.62. The van der Waals surface area contributed by atoms with E-state index in [1.807, 2.05) is 13.1 Å². The third-order valence-electron chi connectivity index (χ3n) is 3.94. The van der Waals surface area contributed by atoms with Crippen LogP contribution in [0.3, 0.4) is 0 Å². The molecule has 0 aliphatic carbocycles. The van der Waals surface area contributed by atoms with Gasteiger partial charge in [-0.3, -0.25) is 14.0 Å². The molecule has 3 rings (SSSR count). The molecule has 26 heavy (non-hydrogen) atoms. The minimum Gasteiger partial charge on any atom is -0.465 e. The number of aryl methyl sites for hydroxylation is 1. The van der Waals surface area contributed by atoms with Crippen molar-refractivity contribution in [2.45, 2.75) is 40.2 Å². The van der Waals surface area contributed by atoms with Gasteiger partial charge < -0.3 is 4.74 Å². The lowest BCUT2D eigenvalue weighted by molar-refractivity contribution is -0.144. The first-order valence-corrected chi connectivity index (χ1v) is 8.55. The molecule has 0 aliphatic rings. The molecular formula is C18H22N6O2. The third-order valence-corrected chi connectivity index (χ3v) is 3.94. The van der Waals surface area contributed by atoms with Crippen LogP contribution >= 0.6 is 0 Å². The average molecular weight is 354 g/mol. The average Bonchev–Trinajstić information content (AvgIpc) is 3.25. The zero-order valence-corrected chi connectivity index (χ0v) is 15.4. The molecule has 0 saturated heterocycles. The highest BCUT2D eigenvalue weighted by Crippen LogP contribution is 2.30. The molecule has 8 heteroatoms. The highest BCUT2D eigenvalue weighted by molar-refractivity contribution is 5.69. The van der Waals surface area contributed by atoms with Crippen LogP contribution < -0.4 is 0 Å². The molecule has 0 spiro atoms. The molecule has 0 bridgehead atoms. The minimum atomic E-state index is -0.316. The molecule has 3 aromatic heterocycles. The van der Waals surface area contributed by atoms with Crippen molar-refractivity contribution in [2.75, 3.05) is 6.61 Å². The molecule has 3 aromatic rings. The summed E-state index contributed by atoms with van der Waals surface area (Å²) >= 11 is 0. The van der Waals surface area contributed by atoms with Crippen LogP contribution in [-0.2, 0) is 16.1 Å². The highest BCUT2D eigenvalue weighted by Gasteiger charge is 2.18. The van der Waals surface area contributed by atoms with Crippen LogP contribution in [0.4, 0.5) is 0 Å². The van der Waals surface area contributed by atoms with Gasteiger partial charge in [0.15, 0.2) is 0 Å². The van der Waals surface area contributed by atoms with Crippen LogP contribution in [0.25, 0.3) is 17.2 Å². The van der Waals surface area contributed by atoms with Crippen molar-refractivity contribution in [2.24, 2.45) is 0 Å². The smallest absolute Gasteiger partial charge is 0.327 e. The largest absolute Gasteiger partial charge is 0.465 e. The van der Waals surface area contributed by atoms with E-state index in [-0.39, 0.29) is 18.4 Å². The van der Waals surface area contributed by atoms with Crippen LogP contribution in [0.2, 0.25) is 0 Å². The van der Waals surface area contributed by atoms with Crippen molar-refractivity contribution in [3.63, 3.8) is 0 Å². The van der Waals surface area contributed by atoms with Gasteiger partial charge in [0.1, 0.15) is 12.9 Å². The summed E-state index contributed by atoms with van der Waals surface area (Å²) in [4.78, 5) is 25.1. The fraction of sp³-hybridized carbons (Fsp3) is 0.389. The first-order chi connectivity index (χ1) is 12.5. The second-order valence-corrected chi connectivity index (χ2v) is 6.23. The van der Waals surface area contributed by atoms with Crippen LogP contribution in [0.15, 0.2) is 31.1 Å². The Kier molecular flexibility index (Phi) is 5.11.